The van der Waals surface area contributed by atoms with Crippen molar-refractivity contribution >= 4 is 17.7 Å². The molecule has 0 aromatic heterocycles. The first-order valence-electron chi connectivity index (χ1n) is 4.38. The molecule has 2 N–H and O–H groups in total. The maximum absolute atomic E-state index is 10.9. The fourth-order valence-corrected chi connectivity index (χ4v) is 1.93. The second-order valence-corrected chi connectivity index (χ2v) is 4.76. The quantitative estimate of drug-likeness (QED) is 0.650. The highest BCUT2D eigenvalue weighted by atomic mass is 32.2. The van der Waals surface area contributed by atoms with Crippen molar-refractivity contribution < 1.29 is 4.79 Å². The van der Waals surface area contributed by atoms with E-state index in [2.05, 4.69) is 6.92 Å². The van der Waals surface area contributed by atoms with E-state index in [1.165, 1.54) is 12.8 Å². The van der Waals surface area contributed by atoms with Gasteiger partial charge < -0.3 is 5.73 Å². The number of rotatable bonds is 6. The molecule has 1 amide bonds. The molecule has 0 saturated carbocycles. The number of carbonyl (C=O) groups is 1. The summed E-state index contributed by atoms with van der Waals surface area (Å²) < 4.78 is 0. The van der Waals surface area contributed by atoms with Gasteiger partial charge in [0.25, 0.3) is 0 Å². The van der Waals surface area contributed by atoms with Crippen molar-refractivity contribution in [3.63, 3.8) is 0 Å². The SMILES string of the molecule is CCCCSCC(C)(C)C(N)=O. The standard InChI is InChI=1S/C9H19NOS/c1-4-5-6-12-7-9(2,3)8(10)11/h4-7H2,1-3H3,(H2,10,11). The molecule has 0 aromatic carbocycles. The van der Waals surface area contributed by atoms with E-state index >= 15 is 0 Å². The van der Waals surface area contributed by atoms with Crippen molar-refractivity contribution in [1.29, 1.82) is 0 Å². The highest BCUT2D eigenvalue weighted by Gasteiger charge is 2.24. The van der Waals surface area contributed by atoms with Gasteiger partial charge in [0, 0.05) is 5.75 Å². The van der Waals surface area contributed by atoms with E-state index in [0.717, 1.165) is 11.5 Å². The smallest absolute Gasteiger partial charge is 0.223 e. The molecule has 0 aromatic rings. The summed E-state index contributed by atoms with van der Waals surface area (Å²) in [5, 5.41) is 0. The molecule has 12 heavy (non-hydrogen) atoms. The van der Waals surface area contributed by atoms with E-state index in [4.69, 9.17) is 5.73 Å². The number of nitrogens with two attached hydrogens (primary N) is 1. The van der Waals surface area contributed by atoms with Crippen molar-refractivity contribution in [2.24, 2.45) is 11.1 Å². The second-order valence-electron chi connectivity index (χ2n) is 3.65. The Kier molecular flexibility index (Phi) is 5.38. The number of hydrogen-bond donors (Lipinski definition) is 1. The summed E-state index contributed by atoms with van der Waals surface area (Å²) in [7, 11) is 0. The normalized spacial score (nSPS) is 11.6. The molecule has 3 heteroatoms. The lowest BCUT2D eigenvalue weighted by Gasteiger charge is -2.19. The first kappa shape index (κ1) is 11.8. The highest BCUT2D eigenvalue weighted by Crippen LogP contribution is 2.21. The Bertz CT molecular complexity index is 145. The maximum atomic E-state index is 10.9. The van der Waals surface area contributed by atoms with Crippen LogP contribution in [0.3, 0.4) is 0 Å². The Morgan fingerprint density at radius 3 is 2.50 bits per heavy atom. The largest absolute Gasteiger partial charge is 0.369 e. The first-order chi connectivity index (χ1) is 5.50. The fourth-order valence-electron chi connectivity index (χ4n) is 0.645. The molecule has 0 fully saturated rings. The lowest BCUT2D eigenvalue weighted by molar-refractivity contribution is -0.124. The molecular formula is C9H19NOS. The van der Waals surface area contributed by atoms with Gasteiger partial charge in [0.1, 0.15) is 0 Å². The van der Waals surface area contributed by atoms with E-state index in [0.29, 0.717) is 0 Å². The van der Waals surface area contributed by atoms with Gasteiger partial charge in [-0.25, -0.2) is 0 Å². The van der Waals surface area contributed by atoms with Crippen LogP contribution in [0.1, 0.15) is 33.6 Å². The van der Waals surface area contributed by atoms with Crippen molar-refractivity contribution in [3.05, 3.63) is 0 Å². The lowest BCUT2D eigenvalue weighted by Crippen LogP contribution is -2.33. The van der Waals surface area contributed by atoms with Gasteiger partial charge in [0.05, 0.1) is 5.41 Å². The second kappa shape index (κ2) is 5.46. The summed E-state index contributed by atoms with van der Waals surface area (Å²) in [4.78, 5) is 10.9. The average molecular weight is 189 g/mol. The summed E-state index contributed by atoms with van der Waals surface area (Å²) in [5.74, 6) is 1.77. The monoisotopic (exact) mass is 189 g/mol. The van der Waals surface area contributed by atoms with Gasteiger partial charge in [-0.05, 0) is 12.2 Å². The summed E-state index contributed by atoms with van der Waals surface area (Å²) >= 11 is 1.81. The van der Waals surface area contributed by atoms with E-state index in [9.17, 15) is 4.79 Å². The van der Waals surface area contributed by atoms with Crippen molar-refractivity contribution in [2.75, 3.05) is 11.5 Å². The molecule has 0 unspecified atom stereocenters. The van der Waals surface area contributed by atoms with E-state index < -0.39 is 0 Å². The molecule has 0 radical (unpaired) electrons. The predicted molar refractivity (Wildman–Crippen MR) is 55.2 cm³/mol. The Morgan fingerprint density at radius 2 is 2.08 bits per heavy atom. The third-order valence-electron chi connectivity index (χ3n) is 1.77. The zero-order valence-corrected chi connectivity index (χ0v) is 9.04. The van der Waals surface area contributed by atoms with Gasteiger partial charge in [-0.1, -0.05) is 27.2 Å². The molecule has 0 atom stereocenters. The van der Waals surface area contributed by atoms with E-state index in [-0.39, 0.29) is 11.3 Å². The van der Waals surface area contributed by atoms with Gasteiger partial charge in [-0.15, -0.1) is 0 Å². The molecule has 0 aliphatic heterocycles. The number of thioether (sulfide) groups is 1. The molecule has 0 spiro atoms. The number of amides is 1. The Labute approximate surface area is 79.3 Å². The van der Waals surface area contributed by atoms with Crippen molar-refractivity contribution in [3.8, 4) is 0 Å². The van der Waals surface area contributed by atoms with Crippen LogP contribution in [0.15, 0.2) is 0 Å². The Balaban J connectivity index is 3.54. The van der Waals surface area contributed by atoms with Crippen LogP contribution in [0, 0.1) is 5.41 Å². The lowest BCUT2D eigenvalue weighted by atomic mass is 9.96. The predicted octanol–water partition coefficient (Wildman–Crippen LogP) is 2.03. The van der Waals surface area contributed by atoms with Gasteiger partial charge in [0.15, 0.2) is 0 Å². The van der Waals surface area contributed by atoms with Crippen LogP contribution in [-0.2, 0) is 4.79 Å². The van der Waals surface area contributed by atoms with Gasteiger partial charge in [0.2, 0.25) is 5.91 Å². The van der Waals surface area contributed by atoms with Crippen LogP contribution in [0.25, 0.3) is 0 Å². The molecule has 0 aliphatic rings. The minimum absolute atomic E-state index is 0.202. The third-order valence-corrected chi connectivity index (χ3v) is 3.28. The van der Waals surface area contributed by atoms with Crippen LogP contribution < -0.4 is 5.73 Å². The Morgan fingerprint density at radius 1 is 1.50 bits per heavy atom. The van der Waals surface area contributed by atoms with Crippen molar-refractivity contribution in [1.82, 2.24) is 0 Å². The summed E-state index contributed by atoms with van der Waals surface area (Å²) in [6, 6.07) is 0. The average Bonchev–Trinajstić information content (AvgIpc) is 1.98. The number of primary amides is 1. The first-order valence-corrected chi connectivity index (χ1v) is 5.54. The van der Waals surface area contributed by atoms with Crippen LogP contribution >= 0.6 is 11.8 Å². The molecular weight excluding hydrogens is 170 g/mol. The molecule has 0 aliphatic carbocycles. The van der Waals surface area contributed by atoms with Crippen molar-refractivity contribution in [2.45, 2.75) is 33.6 Å². The van der Waals surface area contributed by atoms with Gasteiger partial charge >= 0.3 is 0 Å². The number of unbranched alkanes of at least 4 members (excludes halogenated alkanes) is 1. The van der Waals surface area contributed by atoms with Crippen LogP contribution in [0.2, 0.25) is 0 Å². The summed E-state index contributed by atoms with van der Waals surface area (Å²) in [6.07, 6.45) is 2.43. The molecule has 0 saturated heterocycles. The van der Waals surface area contributed by atoms with Crippen LogP contribution in [-0.4, -0.2) is 17.4 Å². The molecule has 0 bridgehead atoms. The molecule has 2 nitrogen and oxygen atoms in total. The number of carbonyl (C=O) groups excluding carboxylic acids is 1. The minimum Gasteiger partial charge on any atom is -0.369 e. The van der Waals surface area contributed by atoms with E-state index in [1.807, 2.05) is 25.6 Å². The number of hydrogen-bond acceptors (Lipinski definition) is 2. The topological polar surface area (TPSA) is 43.1 Å². The summed E-state index contributed by atoms with van der Waals surface area (Å²) in [5.41, 5.74) is 4.88. The molecule has 0 heterocycles. The van der Waals surface area contributed by atoms with Crippen LogP contribution in [0.5, 0.6) is 0 Å². The maximum Gasteiger partial charge on any atom is 0.223 e. The fraction of sp³-hybridized carbons (Fsp3) is 0.889. The zero-order valence-electron chi connectivity index (χ0n) is 8.22. The van der Waals surface area contributed by atoms with E-state index in [1.54, 1.807) is 0 Å². The minimum atomic E-state index is -0.349. The zero-order chi connectivity index (χ0) is 9.61. The van der Waals surface area contributed by atoms with Gasteiger partial charge in [-0.3, -0.25) is 4.79 Å². The summed E-state index contributed by atoms with van der Waals surface area (Å²) in [6.45, 7) is 5.96. The Hall–Kier alpha value is -0.180. The third kappa shape index (κ3) is 4.65. The highest BCUT2D eigenvalue weighted by molar-refractivity contribution is 7.99. The molecule has 72 valence electrons. The molecule has 0 rings (SSSR count). The van der Waals surface area contributed by atoms with Crippen LogP contribution in [0.4, 0.5) is 0 Å². The van der Waals surface area contributed by atoms with Gasteiger partial charge in [-0.2, -0.15) is 11.8 Å².